The molecule has 25 heavy (non-hydrogen) atoms. The van der Waals surface area contributed by atoms with Gasteiger partial charge in [0.1, 0.15) is 17.3 Å². The van der Waals surface area contributed by atoms with Crippen LogP contribution in [0.25, 0.3) is 10.8 Å². The van der Waals surface area contributed by atoms with Crippen LogP contribution in [-0.2, 0) is 4.79 Å². The molecule has 0 saturated carbocycles. The minimum absolute atomic E-state index is 0. The van der Waals surface area contributed by atoms with Crippen LogP contribution in [0.5, 0.6) is 11.5 Å². The number of hydrogen-bond donors (Lipinski definition) is 2. The number of nitrogens with zero attached hydrogens (tertiary/aromatic N) is 1. The third kappa shape index (κ3) is 4.79. The van der Waals surface area contributed by atoms with Crippen molar-refractivity contribution in [1.29, 1.82) is 0 Å². The molecule has 1 aromatic heterocycles. The maximum absolute atomic E-state index is 13.0. The van der Waals surface area contributed by atoms with Gasteiger partial charge in [-0.3, -0.25) is 9.78 Å². The summed E-state index contributed by atoms with van der Waals surface area (Å²) in [7, 11) is 0. The Hall–Kier alpha value is -2.41. The van der Waals surface area contributed by atoms with Gasteiger partial charge in [0, 0.05) is 23.2 Å². The van der Waals surface area contributed by atoms with Gasteiger partial charge in [0.25, 0.3) is 0 Å². The van der Waals surface area contributed by atoms with E-state index in [1.807, 2.05) is 0 Å². The van der Waals surface area contributed by atoms with E-state index >= 15 is 0 Å². The highest BCUT2D eigenvalue weighted by Crippen LogP contribution is 2.33. The van der Waals surface area contributed by atoms with Crippen LogP contribution in [0.3, 0.4) is 0 Å². The lowest BCUT2D eigenvalue weighted by Crippen LogP contribution is -2.21. The summed E-state index contributed by atoms with van der Waals surface area (Å²) in [6.07, 6.45) is 3.27. The predicted octanol–water partition coefficient (Wildman–Crippen LogP) is 3.91. The molecule has 0 aliphatic heterocycles. The molecular formula is C17H16Cl2FN3O2. The number of benzene rings is 2. The standard InChI is InChI=1S/C17H14FN3O2.2ClH/c18-11-1-3-12(4-2-11)23-16-6-5-15(21-17(22)9-19)14-10-20-8-7-13(14)16;;/h1-8,10H,9,19H2,(H,21,22);2*1H. The molecule has 8 heteroatoms. The summed E-state index contributed by atoms with van der Waals surface area (Å²) < 4.78 is 18.8. The fourth-order valence-corrected chi connectivity index (χ4v) is 2.19. The van der Waals surface area contributed by atoms with Crippen molar-refractivity contribution >= 4 is 47.2 Å². The van der Waals surface area contributed by atoms with Crippen LogP contribution < -0.4 is 15.8 Å². The van der Waals surface area contributed by atoms with Gasteiger partial charge in [-0.2, -0.15) is 0 Å². The molecule has 1 amide bonds. The zero-order valence-electron chi connectivity index (χ0n) is 12.9. The molecule has 0 spiro atoms. The van der Waals surface area contributed by atoms with E-state index in [1.54, 1.807) is 42.7 Å². The van der Waals surface area contributed by atoms with E-state index in [0.717, 1.165) is 10.8 Å². The van der Waals surface area contributed by atoms with E-state index in [2.05, 4.69) is 10.3 Å². The van der Waals surface area contributed by atoms with E-state index in [1.165, 1.54) is 12.1 Å². The fraction of sp³-hybridized carbons (Fsp3) is 0.0588. The number of hydrogen-bond acceptors (Lipinski definition) is 4. The smallest absolute Gasteiger partial charge is 0.238 e. The van der Waals surface area contributed by atoms with Gasteiger partial charge in [-0.1, -0.05) is 0 Å². The number of pyridine rings is 1. The summed E-state index contributed by atoms with van der Waals surface area (Å²) >= 11 is 0. The minimum atomic E-state index is -0.328. The van der Waals surface area contributed by atoms with E-state index < -0.39 is 0 Å². The zero-order valence-corrected chi connectivity index (χ0v) is 14.6. The van der Waals surface area contributed by atoms with Gasteiger partial charge in [0.05, 0.1) is 12.2 Å². The third-order valence-corrected chi connectivity index (χ3v) is 3.28. The topological polar surface area (TPSA) is 77.2 Å². The van der Waals surface area contributed by atoms with Gasteiger partial charge in [-0.25, -0.2) is 4.39 Å². The van der Waals surface area contributed by atoms with Crippen molar-refractivity contribution in [3.8, 4) is 11.5 Å². The summed E-state index contributed by atoms with van der Waals surface area (Å²) in [5, 5.41) is 4.23. The Morgan fingerprint density at radius 1 is 1.08 bits per heavy atom. The van der Waals surface area contributed by atoms with E-state index in [4.69, 9.17) is 10.5 Å². The molecule has 0 unspecified atom stereocenters. The highest BCUT2D eigenvalue weighted by atomic mass is 35.5. The molecule has 5 nitrogen and oxygen atoms in total. The Morgan fingerprint density at radius 2 is 1.80 bits per heavy atom. The second kappa shape index (κ2) is 9.17. The molecule has 1 heterocycles. The Balaban J connectivity index is 0.00000156. The number of carbonyl (C=O) groups excluding carboxylic acids is 1. The lowest BCUT2D eigenvalue weighted by Gasteiger charge is -2.12. The number of fused-ring (bicyclic) bond motifs is 1. The average molecular weight is 384 g/mol. The van der Waals surface area contributed by atoms with Crippen LogP contribution in [0.1, 0.15) is 0 Å². The average Bonchev–Trinajstić information content (AvgIpc) is 2.59. The summed E-state index contributed by atoms with van der Waals surface area (Å²) in [5.74, 6) is 0.483. The molecule has 0 aliphatic rings. The fourth-order valence-electron chi connectivity index (χ4n) is 2.19. The number of carbonyl (C=O) groups is 1. The van der Waals surface area contributed by atoms with Gasteiger partial charge < -0.3 is 15.8 Å². The minimum Gasteiger partial charge on any atom is -0.457 e. The lowest BCUT2D eigenvalue weighted by atomic mass is 10.1. The molecule has 0 bridgehead atoms. The van der Waals surface area contributed by atoms with Crippen LogP contribution in [0, 0.1) is 5.82 Å². The Kier molecular flexibility index (Phi) is 7.57. The van der Waals surface area contributed by atoms with Crippen molar-refractivity contribution in [2.45, 2.75) is 0 Å². The van der Waals surface area contributed by atoms with Crippen LogP contribution in [0.2, 0.25) is 0 Å². The molecule has 0 fully saturated rings. The molecule has 0 saturated heterocycles. The number of nitrogens with two attached hydrogens (primary N) is 1. The van der Waals surface area contributed by atoms with Gasteiger partial charge in [0.2, 0.25) is 5.91 Å². The predicted molar refractivity (Wildman–Crippen MR) is 100 cm³/mol. The third-order valence-electron chi connectivity index (χ3n) is 3.28. The van der Waals surface area contributed by atoms with Crippen LogP contribution in [-0.4, -0.2) is 17.4 Å². The first-order valence-corrected chi connectivity index (χ1v) is 6.97. The Labute approximate surface area is 156 Å². The summed E-state index contributed by atoms with van der Waals surface area (Å²) in [6.45, 7) is -0.102. The second-order valence-electron chi connectivity index (χ2n) is 4.84. The van der Waals surface area contributed by atoms with Crippen molar-refractivity contribution in [1.82, 2.24) is 4.98 Å². The Morgan fingerprint density at radius 3 is 2.48 bits per heavy atom. The van der Waals surface area contributed by atoms with Gasteiger partial charge in [-0.05, 0) is 42.5 Å². The number of rotatable bonds is 4. The number of anilines is 1. The first-order valence-electron chi connectivity index (χ1n) is 6.97. The number of amides is 1. The second-order valence-corrected chi connectivity index (χ2v) is 4.84. The molecule has 3 rings (SSSR count). The van der Waals surface area contributed by atoms with Gasteiger partial charge in [-0.15, -0.1) is 24.8 Å². The number of nitrogens with one attached hydrogen (secondary N) is 1. The largest absolute Gasteiger partial charge is 0.457 e. The van der Waals surface area contributed by atoms with Crippen molar-refractivity contribution in [3.05, 3.63) is 60.7 Å². The Bertz CT molecular complexity index is 860. The highest BCUT2D eigenvalue weighted by Gasteiger charge is 2.10. The monoisotopic (exact) mass is 383 g/mol. The first kappa shape index (κ1) is 20.6. The van der Waals surface area contributed by atoms with Gasteiger partial charge >= 0.3 is 0 Å². The quantitative estimate of drug-likeness (QED) is 0.715. The van der Waals surface area contributed by atoms with Crippen molar-refractivity contribution in [2.24, 2.45) is 5.73 Å². The highest BCUT2D eigenvalue weighted by molar-refractivity contribution is 6.04. The van der Waals surface area contributed by atoms with E-state index in [9.17, 15) is 9.18 Å². The van der Waals surface area contributed by atoms with Crippen LogP contribution >= 0.6 is 24.8 Å². The van der Waals surface area contributed by atoms with Crippen molar-refractivity contribution < 1.29 is 13.9 Å². The van der Waals surface area contributed by atoms with Gasteiger partial charge in [0.15, 0.2) is 0 Å². The lowest BCUT2D eigenvalue weighted by molar-refractivity contribution is -0.114. The van der Waals surface area contributed by atoms with E-state index in [-0.39, 0.29) is 43.1 Å². The number of ether oxygens (including phenoxy) is 1. The van der Waals surface area contributed by atoms with Crippen molar-refractivity contribution in [2.75, 3.05) is 11.9 Å². The molecule has 3 aromatic rings. The maximum atomic E-state index is 13.0. The molecule has 2 aromatic carbocycles. The summed E-state index contributed by atoms with van der Waals surface area (Å²) in [4.78, 5) is 15.6. The molecule has 0 radical (unpaired) electrons. The summed E-state index contributed by atoms with van der Waals surface area (Å²) in [5.41, 5.74) is 5.93. The zero-order chi connectivity index (χ0) is 16.2. The normalized spacial score (nSPS) is 9.68. The molecular weight excluding hydrogens is 368 g/mol. The number of halogens is 3. The first-order chi connectivity index (χ1) is 11.2. The molecule has 3 N–H and O–H groups in total. The molecule has 132 valence electrons. The van der Waals surface area contributed by atoms with Crippen LogP contribution in [0.4, 0.5) is 10.1 Å². The SMILES string of the molecule is Cl.Cl.NCC(=O)Nc1ccc(Oc2ccc(F)cc2)c2ccncc12. The summed E-state index contributed by atoms with van der Waals surface area (Å²) in [6, 6.07) is 11.0. The van der Waals surface area contributed by atoms with Crippen molar-refractivity contribution in [3.63, 3.8) is 0 Å². The molecule has 0 aliphatic carbocycles. The van der Waals surface area contributed by atoms with Crippen LogP contribution in [0.15, 0.2) is 54.9 Å². The molecule has 0 atom stereocenters. The maximum Gasteiger partial charge on any atom is 0.238 e. The van der Waals surface area contributed by atoms with E-state index in [0.29, 0.717) is 17.2 Å². The number of aromatic nitrogens is 1.